The Morgan fingerprint density at radius 1 is 1.21 bits per heavy atom. The van der Waals surface area contributed by atoms with Crippen molar-refractivity contribution in [3.05, 3.63) is 68.8 Å². The highest BCUT2D eigenvalue weighted by Crippen LogP contribution is 2.22. The van der Waals surface area contributed by atoms with Gasteiger partial charge in [-0.3, -0.25) is 4.79 Å². The Balaban J connectivity index is 1.72. The summed E-state index contributed by atoms with van der Waals surface area (Å²) in [5.41, 5.74) is 1.32. The Kier molecular flexibility index (Phi) is 6.00. The van der Waals surface area contributed by atoms with Crippen molar-refractivity contribution in [2.24, 2.45) is 0 Å². The number of carbonyl (C=O) groups excluding carboxylic acids is 2. The molecule has 0 bridgehead atoms. The van der Waals surface area contributed by atoms with Crippen molar-refractivity contribution in [2.45, 2.75) is 26.4 Å². The van der Waals surface area contributed by atoms with Gasteiger partial charge in [-0.2, -0.15) is 0 Å². The first-order valence-electron chi connectivity index (χ1n) is 8.74. The molecule has 2 aromatic rings. The minimum atomic E-state index is -3.32. The van der Waals surface area contributed by atoms with Crippen molar-refractivity contribution < 1.29 is 22.7 Å². The predicted molar refractivity (Wildman–Crippen MR) is 108 cm³/mol. The molecule has 1 aliphatic rings. The highest BCUT2D eigenvalue weighted by Gasteiger charge is 2.31. The molecule has 0 saturated carbocycles. The molecule has 0 radical (unpaired) electrons. The van der Waals surface area contributed by atoms with Gasteiger partial charge in [0.1, 0.15) is 0 Å². The van der Waals surface area contributed by atoms with Gasteiger partial charge in [-0.25, -0.2) is 13.2 Å². The van der Waals surface area contributed by atoms with Crippen molar-refractivity contribution in [3.63, 3.8) is 0 Å². The van der Waals surface area contributed by atoms with Gasteiger partial charge in [-0.15, -0.1) is 11.3 Å². The van der Waals surface area contributed by atoms with Gasteiger partial charge < -0.3 is 9.64 Å². The van der Waals surface area contributed by atoms with Crippen LogP contribution in [0.1, 0.15) is 25.7 Å². The third-order valence-electron chi connectivity index (χ3n) is 4.42. The molecule has 0 aliphatic carbocycles. The predicted octanol–water partition coefficient (Wildman–Crippen LogP) is 2.86. The lowest BCUT2D eigenvalue weighted by atomic mass is 10.2. The highest BCUT2D eigenvalue weighted by molar-refractivity contribution is 7.94. The maximum Gasteiger partial charge on any atom is 0.339 e. The molecule has 0 saturated heterocycles. The van der Waals surface area contributed by atoms with Crippen LogP contribution in [0.4, 0.5) is 0 Å². The molecule has 1 aromatic carbocycles. The smallest absolute Gasteiger partial charge is 0.339 e. The van der Waals surface area contributed by atoms with E-state index in [0.717, 1.165) is 20.7 Å². The lowest BCUT2D eigenvalue weighted by Gasteiger charge is -2.27. The number of carbonyl (C=O) groups is 2. The summed E-state index contributed by atoms with van der Waals surface area (Å²) in [4.78, 5) is 28.3. The largest absolute Gasteiger partial charge is 0.452 e. The number of ether oxygens (including phenoxy) is 1. The average Bonchev–Trinajstić information content (AvgIpc) is 3.18. The zero-order chi connectivity index (χ0) is 20.3. The topological polar surface area (TPSA) is 80.8 Å². The first kappa shape index (κ1) is 20.3. The van der Waals surface area contributed by atoms with Gasteiger partial charge >= 0.3 is 5.97 Å². The molecule has 3 rings (SSSR count). The third kappa shape index (κ3) is 4.88. The zero-order valence-electron chi connectivity index (χ0n) is 15.6. The Bertz CT molecular complexity index is 1010. The molecule has 2 heterocycles. The quantitative estimate of drug-likeness (QED) is 0.673. The van der Waals surface area contributed by atoms with Crippen LogP contribution in [0.15, 0.2) is 47.9 Å². The molecule has 1 atom stereocenters. The van der Waals surface area contributed by atoms with Crippen molar-refractivity contribution in [1.82, 2.24) is 4.90 Å². The minimum absolute atomic E-state index is 0.164. The summed E-state index contributed by atoms with van der Waals surface area (Å²) in [7, 11) is -3.32. The summed E-state index contributed by atoms with van der Waals surface area (Å²) in [6.45, 7) is 3.52. The molecule has 148 valence electrons. The summed E-state index contributed by atoms with van der Waals surface area (Å²) < 4.78 is 28.8. The summed E-state index contributed by atoms with van der Waals surface area (Å²) in [5, 5.41) is 1.13. The standard InChI is InChI=1S/C20H21NO5S2/c1-14-10-18(15(2)27-14)20(23)26-12-19(22)21(11-16-6-4-3-5-7-16)17-8-9-28(24,25)13-17/h3-10,17H,11-13H2,1-2H3/t17-/m0/s1. The maximum atomic E-state index is 12.8. The second kappa shape index (κ2) is 8.28. The molecule has 0 unspecified atom stereocenters. The van der Waals surface area contributed by atoms with Gasteiger partial charge in [0.2, 0.25) is 0 Å². The highest BCUT2D eigenvalue weighted by atomic mass is 32.2. The van der Waals surface area contributed by atoms with Crippen LogP contribution in [-0.2, 0) is 25.9 Å². The Morgan fingerprint density at radius 2 is 1.93 bits per heavy atom. The monoisotopic (exact) mass is 419 g/mol. The van der Waals surface area contributed by atoms with E-state index in [1.54, 1.807) is 6.07 Å². The SMILES string of the molecule is Cc1cc(C(=O)OCC(=O)N(Cc2ccccc2)[C@H]2C=CS(=O)(=O)C2)c(C)s1. The van der Waals surface area contributed by atoms with E-state index in [0.29, 0.717) is 5.56 Å². The van der Waals surface area contributed by atoms with Crippen LogP contribution in [0.2, 0.25) is 0 Å². The number of aryl methyl sites for hydroxylation is 2. The Labute approximate surface area is 168 Å². The molecule has 1 amide bonds. The molecule has 8 heteroatoms. The molecular formula is C20H21NO5S2. The Hall–Kier alpha value is -2.45. The van der Waals surface area contributed by atoms with Gasteiger partial charge in [0.05, 0.1) is 17.4 Å². The molecular weight excluding hydrogens is 398 g/mol. The second-order valence-corrected chi connectivity index (χ2v) is 10.0. The third-order valence-corrected chi connectivity index (χ3v) is 6.76. The number of amides is 1. The van der Waals surface area contributed by atoms with Gasteiger partial charge in [0, 0.05) is 21.7 Å². The summed E-state index contributed by atoms with van der Waals surface area (Å²) in [6, 6.07) is 10.4. The first-order valence-corrected chi connectivity index (χ1v) is 11.3. The fourth-order valence-electron chi connectivity index (χ4n) is 3.05. The molecule has 0 spiro atoms. The molecule has 28 heavy (non-hydrogen) atoms. The van der Waals surface area contributed by atoms with Crippen LogP contribution in [0.25, 0.3) is 0 Å². The van der Waals surface area contributed by atoms with Gasteiger partial charge in [0.25, 0.3) is 5.91 Å². The number of esters is 1. The van der Waals surface area contributed by atoms with E-state index in [-0.39, 0.29) is 12.3 Å². The Morgan fingerprint density at radius 3 is 2.50 bits per heavy atom. The average molecular weight is 420 g/mol. The number of nitrogens with zero attached hydrogens (tertiary/aromatic N) is 1. The summed E-state index contributed by atoms with van der Waals surface area (Å²) in [6.07, 6.45) is 1.50. The lowest BCUT2D eigenvalue weighted by Crippen LogP contribution is -2.42. The van der Waals surface area contributed by atoms with E-state index in [2.05, 4.69) is 0 Å². The van der Waals surface area contributed by atoms with Crippen molar-refractivity contribution >= 4 is 33.1 Å². The fraction of sp³-hybridized carbons (Fsp3) is 0.300. The van der Waals surface area contributed by atoms with Crippen LogP contribution in [0.3, 0.4) is 0 Å². The van der Waals surface area contributed by atoms with Crippen LogP contribution in [0.5, 0.6) is 0 Å². The van der Waals surface area contributed by atoms with Crippen LogP contribution >= 0.6 is 11.3 Å². The minimum Gasteiger partial charge on any atom is -0.452 e. The molecule has 0 fully saturated rings. The van der Waals surface area contributed by atoms with E-state index < -0.39 is 34.4 Å². The number of sulfone groups is 1. The number of hydrogen-bond acceptors (Lipinski definition) is 6. The van der Waals surface area contributed by atoms with Crippen LogP contribution < -0.4 is 0 Å². The van der Waals surface area contributed by atoms with E-state index in [1.165, 1.54) is 22.3 Å². The molecule has 6 nitrogen and oxygen atoms in total. The number of thiophene rings is 1. The molecule has 0 N–H and O–H groups in total. The van der Waals surface area contributed by atoms with E-state index in [4.69, 9.17) is 4.74 Å². The van der Waals surface area contributed by atoms with Gasteiger partial charge in [-0.05, 0) is 31.6 Å². The van der Waals surface area contributed by atoms with Gasteiger partial charge in [0.15, 0.2) is 16.4 Å². The first-order chi connectivity index (χ1) is 13.2. The molecule has 1 aliphatic heterocycles. The van der Waals surface area contributed by atoms with E-state index in [9.17, 15) is 18.0 Å². The van der Waals surface area contributed by atoms with E-state index >= 15 is 0 Å². The number of hydrogen-bond donors (Lipinski definition) is 0. The van der Waals surface area contributed by atoms with Crippen LogP contribution in [-0.4, -0.2) is 43.6 Å². The van der Waals surface area contributed by atoms with Crippen molar-refractivity contribution in [1.29, 1.82) is 0 Å². The van der Waals surface area contributed by atoms with Crippen LogP contribution in [0, 0.1) is 13.8 Å². The normalized spacial score (nSPS) is 17.4. The fourth-order valence-corrected chi connectivity index (χ4v) is 5.26. The van der Waals surface area contributed by atoms with Crippen molar-refractivity contribution in [2.75, 3.05) is 12.4 Å². The van der Waals surface area contributed by atoms with E-state index in [1.807, 2.05) is 44.2 Å². The zero-order valence-corrected chi connectivity index (χ0v) is 17.3. The lowest BCUT2D eigenvalue weighted by molar-refractivity contribution is -0.136. The second-order valence-electron chi connectivity index (χ2n) is 6.64. The maximum absolute atomic E-state index is 12.8. The summed E-state index contributed by atoms with van der Waals surface area (Å²) >= 11 is 1.49. The number of rotatable bonds is 6. The van der Waals surface area contributed by atoms with Gasteiger partial charge in [-0.1, -0.05) is 30.3 Å². The number of benzene rings is 1. The summed E-state index contributed by atoms with van der Waals surface area (Å²) in [5.74, 6) is -1.15. The molecule has 1 aromatic heterocycles. The van der Waals surface area contributed by atoms with Crippen molar-refractivity contribution in [3.8, 4) is 0 Å².